The van der Waals surface area contributed by atoms with E-state index >= 15 is 0 Å². The molecule has 4 rings (SSSR count). The van der Waals surface area contributed by atoms with Gasteiger partial charge in [-0.2, -0.15) is 0 Å². The zero-order chi connectivity index (χ0) is 20.9. The summed E-state index contributed by atoms with van der Waals surface area (Å²) in [5.74, 6) is 0.402. The fourth-order valence-corrected chi connectivity index (χ4v) is 3.28. The molecule has 1 aliphatic heterocycles. The number of rotatable bonds is 3. The Morgan fingerprint density at radius 3 is 1.97 bits per heavy atom. The molecule has 4 nitrogen and oxygen atoms in total. The van der Waals surface area contributed by atoms with Crippen molar-refractivity contribution in [2.75, 3.05) is 0 Å². The quantitative estimate of drug-likeness (QED) is 0.526. The average molecular weight is 445 g/mol. The number of ether oxygens (including phenoxy) is 1. The van der Waals surface area contributed by atoms with Crippen molar-refractivity contribution in [3.05, 3.63) is 99.6 Å². The molecule has 1 aromatic carbocycles. The van der Waals surface area contributed by atoms with Gasteiger partial charge in [-0.25, -0.2) is 4.79 Å². The summed E-state index contributed by atoms with van der Waals surface area (Å²) >= 11 is 0. The van der Waals surface area contributed by atoms with Crippen molar-refractivity contribution in [1.29, 1.82) is 0 Å². The van der Waals surface area contributed by atoms with Gasteiger partial charge in [0.2, 0.25) is 5.91 Å². The van der Waals surface area contributed by atoms with E-state index in [0.717, 1.165) is 11.5 Å². The Labute approximate surface area is 192 Å². The molecule has 2 aliphatic carbocycles. The van der Waals surface area contributed by atoms with Gasteiger partial charge >= 0.3 is 23.0 Å². The van der Waals surface area contributed by atoms with E-state index in [1.165, 1.54) is 0 Å². The summed E-state index contributed by atoms with van der Waals surface area (Å²) in [5, 5.41) is 0. The van der Waals surface area contributed by atoms with Gasteiger partial charge in [-0.05, 0) is 63.4 Å². The predicted octanol–water partition coefficient (Wildman–Crippen LogP) is 3.78. The molecule has 3 fully saturated rings. The van der Waals surface area contributed by atoms with Crippen LogP contribution in [0.15, 0.2) is 30.3 Å². The summed E-state index contributed by atoms with van der Waals surface area (Å²) in [6, 6.07) is 9.12. The van der Waals surface area contributed by atoms with Crippen LogP contribution in [0.2, 0.25) is 0 Å². The number of esters is 1. The van der Waals surface area contributed by atoms with Gasteiger partial charge in [-0.3, -0.25) is 9.69 Å². The minimum Gasteiger partial charge on any atom is -0.439 e. The van der Waals surface area contributed by atoms with Gasteiger partial charge in [0.25, 0.3) is 0 Å². The molecule has 30 heavy (non-hydrogen) atoms. The molecule has 1 aromatic rings. The van der Waals surface area contributed by atoms with E-state index < -0.39 is 17.7 Å². The van der Waals surface area contributed by atoms with Gasteiger partial charge in [-0.15, -0.1) is 0 Å². The minimum atomic E-state index is -0.645. The molecular formula is C25H27FeNO3+2. The van der Waals surface area contributed by atoms with Gasteiger partial charge < -0.3 is 4.74 Å². The van der Waals surface area contributed by atoms with Crippen molar-refractivity contribution < 1.29 is 31.4 Å². The van der Waals surface area contributed by atoms with Crippen molar-refractivity contribution in [2.24, 2.45) is 5.41 Å². The van der Waals surface area contributed by atoms with Crippen LogP contribution in [0.5, 0.6) is 0 Å². The summed E-state index contributed by atoms with van der Waals surface area (Å²) in [5.41, 5.74) is 0.419. The van der Waals surface area contributed by atoms with Crippen LogP contribution in [-0.2, 0) is 37.8 Å². The summed E-state index contributed by atoms with van der Waals surface area (Å²) in [6.45, 7) is 5.58. The first kappa shape index (κ1) is 24.9. The van der Waals surface area contributed by atoms with Crippen LogP contribution in [0.25, 0.3) is 0 Å². The molecule has 3 aliphatic rings. The van der Waals surface area contributed by atoms with Crippen molar-refractivity contribution in [3.63, 3.8) is 0 Å². The van der Waals surface area contributed by atoms with E-state index in [4.69, 9.17) is 4.74 Å². The molecule has 0 N–H and O–H groups in total. The fraction of sp³-hybridized carbons (Fsp3) is 0.280. The van der Waals surface area contributed by atoms with Gasteiger partial charge in [0, 0.05) is 17.8 Å². The van der Waals surface area contributed by atoms with Crippen molar-refractivity contribution in [2.45, 2.75) is 39.5 Å². The van der Waals surface area contributed by atoms with Gasteiger partial charge in [0.15, 0.2) is 6.23 Å². The Kier molecular flexibility index (Phi) is 9.43. The van der Waals surface area contributed by atoms with Crippen molar-refractivity contribution >= 4 is 11.9 Å². The fourth-order valence-electron chi connectivity index (χ4n) is 3.28. The average Bonchev–Trinajstić information content (AvgIpc) is 3.46. The van der Waals surface area contributed by atoms with Crippen LogP contribution in [-0.4, -0.2) is 29.0 Å². The first-order valence-corrected chi connectivity index (χ1v) is 9.83. The van der Waals surface area contributed by atoms with Crippen LogP contribution in [0.4, 0.5) is 0 Å². The van der Waals surface area contributed by atoms with E-state index in [1.54, 1.807) is 4.90 Å². The molecule has 156 valence electrons. The van der Waals surface area contributed by atoms with E-state index in [1.807, 2.05) is 109 Å². The van der Waals surface area contributed by atoms with Crippen LogP contribution in [0, 0.1) is 69.1 Å². The summed E-state index contributed by atoms with van der Waals surface area (Å²) in [7, 11) is 0. The molecule has 0 aromatic heterocycles. The second-order valence-electron chi connectivity index (χ2n) is 8.14. The topological polar surface area (TPSA) is 46.6 Å². The number of carbonyl (C=O) groups is 2. The summed E-state index contributed by atoms with van der Waals surface area (Å²) in [6.07, 6.45) is 17.3. The van der Waals surface area contributed by atoms with Crippen LogP contribution in [0.3, 0.4) is 0 Å². The Hall–Kier alpha value is -1.32. The number of carbonyl (C=O) groups excluding carboxylic acids is 2. The number of benzene rings is 1. The molecule has 0 unspecified atom stereocenters. The maximum Gasteiger partial charge on any atom is 2.00 e. The third-order valence-corrected chi connectivity index (χ3v) is 4.77. The molecule has 1 saturated heterocycles. The normalized spacial score (nSPS) is 24.1. The number of hydrogen-bond acceptors (Lipinski definition) is 3. The van der Waals surface area contributed by atoms with Gasteiger partial charge in [0.1, 0.15) is 6.04 Å². The van der Waals surface area contributed by atoms with E-state index in [0.29, 0.717) is 6.42 Å². The Morgan fingerprint density at radius 1 is 0.933 bits per heavy atom. The Morgan fingerprint density at radius 2 is 1.47 bits per heavy atom. The van der Waals surface area contributed by atoms with Crippen LogP contribution < -0.4 is 0 Å². The predicted molar refractivity (Wildman–Crippen MR) is 112 cm³/mol. The first-order valence-electron chi connectivity index (χ1n) is 9.83. The molecule has 2 saturated carbocycles. The number of amides is 1. The molecule has 5 heteroatoms. The van der Waals surface area contributed by atoms with Crippen molar-refractivity contribution in [3.8, 4) is 0 Å². The zero-order valence-electron chi connectivity index (χ0n) is 17.5. The minimum absolute atomic E-state index is 0. The first-order chi connectivity index (χ1) is 13.9. The Bertz CT molecular complexity index is 668. The summed E-state index contributed by atoms with van der Waals surface area (Å²) in [4.78, 5) is 27.1. The van der Waals surface area contributed by atoms with Gasteiger partial charge in [0.05, 0.1) is 0 Å². The second-order valence-corrected chi connectivity index (χ2v) is 8.14. The number of cyclic esters (lactones) is 1. The standard InChI is InChI=1S/C20H22NO3.C5H5.Fe/c1-20(2,3)19(23)21-16(13-14-9-5-4-6-10-14)18(22)24-17(21)15-11-7-8-12-15;1-2-4-5-3-1;/h4-12,16-17H,13H2,1-3H3;1-5H;/q;;+2/t16-,17-;;/m0../s1. The van der Waals surface area contributed by atoms with Crippen LogP contribution in [0.1, 0.15) is 26.3 Å². The maximum atomic E-state index is 13.0. The third kappa shape index (κ3) is 6.34. The molecule has 1 amide bonds. The molecule has 10 radical (unpaired) electrons. The number of hydrogen-bond donors (Lipinski definition) is 0. The van der Waals surface area contributed by atoms with E-state index in [2.05, 4.69) is 0 Å². The second kappa shape index (κ2) is 11.3. The molecule has 0 bridgehead atoms. The smallest absolute Gasteiger partial charge is 0.439 e. The largest absolute Gasteiger partial charge is 2.00 e. The molecule has 1 heterocycles. The van der Waals surface area contributed by atoms with Gasteiger partial charge in [-0.1, -0.05) is 51.1 Å². The summed E-state index contributed by atoms with van der Waals surface area (Å²) < 4.78 is 5.59. The van der Waals surface area contributed by atoms with E-state index in [-0.39, 0.29) is 28.9 Å². The zero-order valence-corrected chi connectivity index (χ0v) is 18.6. The molecule has 2 atom stereocenters. The Balaban J connectivity index is 0.000000468. The monoisotopic (exact) mass is 445 g/mol. The third-order valence-electron chi connectivity index (χ3n) is 4.77. The van der Waals surface area contributed by atoms with E-state index in [9.17, 15) is 9.59 Å². The molecule has 0 spiro atoms. The maximum absolute atomic E-state index is 13.0. The van der Waals surface area contributed by atoms with Crippen molar-refractivity contribution in [1.82, 2.24) is 4.90 Å². The number of nitrogens with zero attached hydrogens (tertiary/aromatic N) is 1. The molecular weight excluding hydrogens is 418 g/mol. The SMILES string of the molecule is CC(C)(C)C(=O)N1[C@H]([C]2[CH][CH][CH][CH]2)OC(=O)[C@@H]1Cc1ccccc1.[CH]1[CH][CH][CH][CH]1.[Fe+2]. The van der Waals surface area contributed by atoms with Crippen LogP contribution >= 0.6 is 0 Å².